The Balaban J connectivity index is 2.54. The van der Waals surface area contributed by atoms with Gasteiger partial charge in [0.25, 0.3) is 0 Å². The molecule has 0 fully saturated rings. The van der Waals surface area contributed by atoms with Crippen LogP contribution in [0.1, 0.15) is 29.1 Å². The molecular weight excluding hydrogens is 200 g/mol. The third-order valence-corrected chi connectivity index (χ3v) is 3.17. The Kier molecular flexibility index (Phi) is 1.85. The molecule has 2 amide bonds. The predicted molar refractivity (Wildman–Crippen MR) is 54.9 cm³/mol. The van der Waals surface area contributed by atoms with E-state index in [9.17, 15) is 9.59 Å². The summed E-state index contributed by atoms with van der Waals surface area (Å²) in [5, 5.41) is 6.23. The lowest BCUT2D eigenvalue weighted by molar-refractivity contribution is 0.112. The maximum atomic E-state index is 11.2. The highest BCUT2D eigenvalue weighted by Crippen LogP contribution is 2.37. The molecule has 0 unspecified atom stereocenters. The first kappa shape index (κ1) is 9.21. The van der Waals surface area contributed by atoms with Gasteiger partial charge in [0.05, 0.1) is 10.4 Å². The van der Waals surface area contributed by atoms with E-state index in [1.807, 2.05) is 13.8 Å². The molecule has 0 atom stereocenters. The van der Waals surface area contributed by atoms with E-state index in [4.69, 9.17) is 0 Å². The number of amides is 2. The molecular formula is C9H10N2O2S. The first-order chi connectivity index (χ1) is 6.53. The zero-order valence-corrected chi connectivity index (χ0v) is 8.70. The molecule has 1 aliphatic heterocycles. The van der Waals surface area contributed by atoms with Crippen molar-refractivity contribution in [3.05, 3.63) is 16.5 Å². The molecule has 4 nitrogen and oxygen atoms in total. The highest BCUT2D eigenvalue weighted by atomic mass is 32.1. The smallest absolute Gasteiger partial charge is 0.320 e. The van der Waals surface area contributed by atoms with Gasteiger partial charge in [0.1, 0.15) is 5.00 Å². The molecule has 2 heterocycles. The maximum absolute atomic E-state index is 11.2. The van der Waals surface area contributed by atoms with Gasteiger partial charge in [-0.15, -0.1) is 11.3 Å². The number of anilines is 1. The summed E-state index contributed by atoms with van der Waals surface area (Å²) >= 11 is 1.30. The second kappa shape index (κ2) is 2.81. The number of carbonyl (C=O) groups excluding carboxylic acids is 2. The number of nitrogens with one attached hydrogen (secondary N) is 2. The van der Waals surface area contributed by atoms with Crippen molar-refractivity contribution in [3.63, 3.8) is 0 Å². The van der Waals surface area contributed by atoms with E-state index in [1.165, 1.54) is 11.3 Å². The second-order valence-corrected chi connectivity index (χ2v) is 4.80. The van der Waals surface area contributed by atoms with Crippen molar-refractivity contribution in [2.45, 2.75) is 19.4 Å². The molecule has 1 aromatic heterocycles. The molecule has 5 heteroatoms. The van der Waals surface area contributed by atoms with E-state index in [0.717, 1.165) is 16.9 Å². The fourth-order valence-corrected chi connectivity index (χ4v) is 2.54. The topological polar surface area (TPSA) is 58.2 Å². The van der Waals surface area contributed by atoms with Gasteiger partial charge in [-0.3, -0.25) is 10.1 Å². The summed E-state index contributed by atoms with van der Waals surface area (Å²) in [4.78, 5) is 22.5. The Morgan fingerprint density at radius 3 is 2.86 bits per heavy atom. The van der Waals surface area contributed by atoms with Crippen LogP contribution >= 0.6 is 11.3 Å². The van der Waals surface area contributed by atoms with Crippen molar-refractivity contribution in [2.24, 2.45) is 0 Å². The number of hydrogen-bond donors (Lipinski definition) is 2. The molecule has 1 aromatic rings. The first-order valence-electron chi connectivity index (χ1n) is 4.21. The van der Waals surface area contributed by atoms with Crippen molar-refractivity contribution in [2.75, 3.05) is 5.32 Å². The number of aldehydes is 1. The van der Waals surface area contributed by atoms with E-state index in [2.05, 4.69) is 10.6 Å². The molecule has 2 rings (SSSR count). The van der Waals surface area contributed by atoms with E-state index >= 15 is 0 Å². The van der Waals surface area contributed by atoms with E-state index < -0.39 is 5.54 Å². The van der Waals surface area contributed by atoms with Crippen LogP contribution < -0.4 is 10.6 Å². The van der Waals surface area contributed by atoms with Crippen molar-refractivity contribution >= 4 is 28.7 Å². The molecule has 0 radical (unpaired) electrons. The molecule has 0 saturated carbocycles. The number of thiophene rings is 1. The Bertz CT molecular complexity index is 409. The number of rotatable bonds is 1. The van der Waals surface area contributed by atoms with Crippen LogP contribution in [0.25, 0.3) is 0 Å². The Labute approximate surface area is 85.3 Å². The summed E-state index contributed by atoms with van der Waals surface area (Å²) < 4.78 is 0. The van der Waals surface area contributed by atoms with Crippen LogP contribution in [0.4, 0.5) is 9.80 Å². The minimum absolute atomic E-state index is 0.221. The van der Waals surface area contributed by atoms with Gasteiger partial charge >= 0.3 is 6.03 Å². The van der Waals surface area contributed by atoms with E-state index in [1.54, 1.807) is 6.07 Å². The van der Waals surface area contributed by atoms with Gasteiger partial charge in [0.2, 0.25) is 0 Å². The molecule has 0 bridgehead atoms. The summed E-state index contributed by atoms with van der Waals surface area (Å²) in [5.74, 6) is 0. The minimum atomic E-state index is -0.407. The van der Waals surface area contributed by atoms with Crippen LogP contribution in [0.15, 0.2) is 6.07 Å². The van der Waals surface area contributed by atoms with Crippen molar-refractivity contribution in [3.8, 4) is 0 Å². The van der Waals surface area contributed by atoms with Crippen molar-refractivity contribution in [1.29, 1.82) is 0 Å². The fourth-order valence-electron chi connectivity index (χ4n) is 1.51. The van der Waals surface area contributed by atoms with Gasteiger partial charge in [0, 0.05) is 5.56 Å². The van der Waals surface area contributed by atoms with Gasteiger partial charge in [-0.05, 0) is 19.9 Å². The molecule has 14 heavy (non-hydrogen) atoms. The van der Waals surface area contributed by atoms with Crippen LogP contribution in [0, 0.1) is 0 Å². The molecule has 0 saturated heterocycles. The molecule has 2 N–H and O–H groups in total. The second-order valence-electron chi connectivity index (χ2n) is 3.71. The highest BCUT2D eigenvalue weighted by molar-refractivity contribution is 7.18. The van der Waals surface area contributed by atoms with Gasteiger partial charge in [-0.1, -0.05) is 0 Å². The predicted octanol–water partition coefficient (Wildman–Crippen LogP) is 1.93. The summed E-state index contributed by atoms with van der Waals surface area (Å²) in [6.07, 6.45) is 0.797. The number of fused-ring (bicyclic) bond motifs is 1. The molecule has 0 spiro atoms. The average Bonchev–Trinajstić information content (AvgIpc) is 2.46. The Hall–Kier alpha value is -1.36. The van der Waals surface area contributed by atoms with Gasteiger partial charge in [-0.2, -0.15) is 0 Å². The molecule has 0 aliphatic carbocycles. The van der Waals surface area contributed by atoms with Crippen LogP contribution in [0.3, 0.4) is 0 Å². The van der Waals surface area contributed by atoms with Crippen LogP contribution in [0.5, 0.6) is 0 Å². The van der Waals surface area contributed by atoms with Gasteiger partial charge in [-0.25, -0.2) is 4.79 Å². The first-order valence-corrected chi connectivity index (χ1v) is 5.03. The normalized spacial score (nSPS) is 18.0. The number of hydrogen-bond acceptors (Lipinski definition) is 3. The van der Waals surface area contributed by atoms with Gasteiger partial charge in [0.15, 0.2) is 6.29 Å². The molecule has 0 aromatic carbocycles. The number of urea groups is 1. The fraction of sp³-hybridized carbons (Fsp3) is 0.333. The van der Waals surface area contributed by atoms with Crippen molar-refractivity contribution in [1.82, 2.24) is 5.32 Å². The zero-order chi connectivity index (χ0) is 10.3. The minimum Gasteiger partial charge on any atom is -0.329 e. The standard InChI is InChI=1S/C9H10N2O2S/c1-9(2)6-3-5(4-12)14-7(6)10-8(13)11-9/h3-4H,1-2H3,(H2,10,11,13). The summed E-state index contributed by atoms with van der Waals surface area (Å²) in [6.45, 7) is 3.82. The van der Waals surface area contributed by atoms with E-state index in [-0.39, 0.29) is 6.03 Å². The molecule has 74 valence electrons. The summed E-state index contributed by atoms with van der Waals surface area (Å²) in [5.41, 5.74) is 0.555. The Morgan fingerprint density at radius 2 is 2.21 bits per heavy atom. The summed E-state index contributed by atoms with van der Waals surface area (Å²) in [6, 6.07) is 1.58. The lowest BCUT2D eigenvalue weighted by Crippen LogP contribution is -2.47. The third kappa shape index (κ3) is 1.29. The monoisotopic (exact) mass is 210 g/mol. The zero-order valence-electron chi connectivity index (χ0n) is 7.88. The summed E-state index contributed by atoms with van der Waals surface area (Å²) in [7, 11) is 0. The van der Waals surface area contributed by atoms with Crippen LogP contribution in [-0.2, 0) is 5.54 Å². The quantitative estimate of drug-likeness (QED) is 0.696. The van der Waals surface area contributed by atoms with Crippen LogP contribution in [-0.4, -0.2) is 12.3 Å². The maximum Gasteiger partial charge on any atom is 0.320 e. The average molecular weight is 210 g/mol. The highest BCUT2D eigenvalue weighted by Gasteiger charge is 2.32. The van der Waals surface area contributed by atoms with Gasteiger partial charge < -0.3 is 5.32 Å². The van der Waals surface area contributed by atoms with Crippen LogP contribution in [0.2, 0.25) is 0 Å². The lowest BCUT2D eigenvalue weighted by atomic mass is 9.95. The van der Waals surface area contributed by atoms with E-state index in [0.29, 0.717) is 4.88 Å². The molecule has 1 aliphatic rings. The number of carbonyl (C=O) groups is 2. The largest absolute Gasteiger partial charge is 0.329 e. The van der Waals surface area contributed by atoms with Crippen molar-refractivity contribution < 1.29 is 9.59 Å². The Morgan fingerprint density at radius 1 is 1.50 bits per heavy atom. The lowest BCUT2D eigenvalue weighted by Gasteiger charge is -2.31. The third-order valence-electron chi connectivity index (χ3n) is 2.19. The SMILES string of the molecule is CC1(C)NC(=O)Nc2sc(C=O)cc21.